The second-order valence-electron chi connectivity index (χ2n) is 7.57. The van der Waals surface area contributed by atoms with E-state index in [1.165, 1.54) is 10.8 Å². The first-order valence-corrected chi connectivity index (χ1v) is 10.6. The molecule has 0 aliphatic heterocycles. The summed E-state index contributed by atoms with van der Waals surface area (Å²) in [4.78, 5) is 12.0. The Morgan fingerprint density at radius 2 is 1.70 bits per heavy atom. The highest BCUT2D eigenvalue weighted by Gasteiger charge is 2.07. The van der Waals surface area contributed by atoms with Crippen LogP contribution in [-0.4, -0.2) is 19.4 Å². The average molecular weight is 440 g/mol. The van der Waals surface area contributed by atoms with E-state index in [2.05, 4.69) is 46.2 Å². The number of ether oxygens (including phenoxy) is 2. The fourth-order valence-corrected chi connectivity index (χ4v) is 3.33. The number of amides is 2. The van der Waals surface area contributed by atoms with Gasteiger partial charge in [-0.15, -0.1) is 0 Å². The Kier molecular flexibility index (Phi) is 6.85. The van der Waals surface area contributed by atoms with Gasteiger partial charge in [0.1, 0.15) is 6.61 Å². The van der Waals surface area contributed by atoms with Gasteiger partial charge in [0, 0.05) is 5.69 Å². The normalized spacial score (nSPS) is 10.8. The molecule has 0 atom stereocenters. The van der Waals surface area contributed by atoms with E-state index in [1.54, 1.807) is 19.4 Å². The molecule has 0 aromatic heterocycles. The van der Waals surface area contributed by atoms with Crippen molar-refractivity contribution in [2.75, 3.05) is 12.4 Å². The third-order valence-corrected chi connectivity index (χ3v) is 5.09. The summed E-state index contributed by atoms with van der Waals surface area (Å²) in [6.07, 6.45) is 1.55. The van der Waals surface area contributed by atoms with Crippen molar-refractivity contribution in [3.05, 3.63) is 102 Å². The van der Waals surface area contributed by atoms with Gasteiger partial charge in [0.2, 0.25) is 0 Å². The Morgan fingerprint density at radius 1 is 0.909 bits per heavy atom. The van der Waals surface area contributed by atoms with E-state index >= 15 is 0 Å². The van der Waals surface area contributed by atoms with Gasteiger partial charge in [-0.05, 0) is 65.2 Å². The highest BCUT2D eigenvalue weighted by Crippen LogP contribution is 2.28. The summed E-state index contributed by atoms with van der Waals surface area (Å²) < 4.78 is 11.5. The number of benzene rings is 4. The van der Waals surface area contributed by atoms with Gasteiger partial charge in [-0.3, -0.25) is 0 Å². The summed E-state index contributed by atoms with van der Waals surface area (Å²) in [6, 6.07) is 27.1. The minimum absolute atomic E-state index is 0.419. The number of aryl methyl sites for hydroxylation is 1. The minimum Gasteiger partial charge on any atom is -0.493 e. The van der Waals surface area contributed by atoms with Crippen molar-refractivity contribution in [1.82, 2.24) is 5.43 Å². The molecule has 0 saturated carbocycles. The summed E-state index contributed by atoms with van der Waals surface area (Å²) in [7, 11) is 1.59. The quantitative estimate of drug-likeness (QED) is 0.279. The maximum atomic E-state index is 12.0. The number of nitrogens with one attached hydrogen (secondary N) is 2. The van der Waals surface area contributed by atoms with E-state index in [0.717, 1.165) is 16.7 Å². The number of hydrogen-bond acceptors (Lipinski definition) is 4. The molecule has 6 heteroatoms. The Bertz CT molecular complexity index is 1280. The van der Waals surface area contributed by atoms with Gasteiger partial charge in [0.15, 0.2) is 11.5 Å². The number of urea groups is 1. The third kappa shape index (κ3) is 5.89. The topological polar surface area (TPSA) is 72.0 Å². The van der Waals surface area contributed by atoms with Gasteiger partial charge in [-0.25, -0.2) is 10.2 Å². The molecule has 166 valence electrons. The molecule has 0 fully saturated rings. The molecule has 0 aliphatic carbocycles. The van der Waals surface area contributed by atoms with Gasteiger partial charge in [-0.1, -0.05) is 54.1 Å². The second-order valence-corrected chi connectivity index (χ2v) is 7.57. The molecule has 2 N–H and O–H groups in total. The van der Waals surface area contributed by atoms with Crippen LogP contribution in [0, 0.1) is 6.92 Å². The lowest BCUT2D eigenvalue weighted by Gasteiger charge is -2.12. The molecular weight excluding hydrogens is 414 g/mol. The molecule has 4 rings (SSSR count). The standard InChI is InChI=1S/C27H25N3O3/c1-19-7-12-24(13-8-19)29-27(31)30-28-17-20-10-14-25(26(16-20)32-2)33-18-21-9-11-22-5-3-4-6-23(22)15-21/h3-17H,18H2,1-2H3,(H2,29,30,31). The van der Waals surface area contributed by atoms with Crippen LogP contribution in [0.3, 0.4) is 0 Å². The first-order valence-electron chi connectivity index (χ1n) is 10.6. The lowest BCUT2D eigenvalue weighted by atomic mass is 10.1. The summed E-state index contributed by atoms with van der Waals surface area (Å²) >= 11 is 0. The van der Waals surface area contributed by atoms with Crippen molar-refractivity contribution in [1.29, 1.82) is 0 Å². The molecule has 6 nitrogen and oxygen atoms in total. The monoisotopic (exact) mass is 439 g/mol. The number of fused-ring (bicyclic) bond motifs is 1. The minimum atomic E-state index is -0.419. The van der Waals surface area contributed by atoms with Crippen LogP contribution < -0.4 is 20.2 Å². The van der Waals surface area contributed by atoms with E-state index in [0.29, 0.717) is 23.8 Å². The molecule has 0 heterocycles. The zero-order valence-corrected chi connectivity index (χ0v) is 18.5. The lowest BCUT2D eigenvalue weighted by Crippen LogP contribution is -2.24. The molecule has 4 aromatic rings. The van der Waals surface area contributed by atoms with Gasteiger partial charge >= 0.3 is 6.03 Å². The largest absolute Gasteiger partial charge is 0.493 e. The summed E-state index contributed by atoms with van der Waals surface area (Å²) in [6.45, 7) is 2.41. The SMILES string of the molecule is COc1cc(C=NNC(=O)Nc2ccc(C)cc2)ccc1OCc1ccc2ccccc2c1. The molecule has 0 unspecified atom stereocenters. The predicted molar refractivity (Wildman–Crippen MR) is 132 cm³/mol. The molecular formula is C27H25N3O3. The molecule has 0 spiro atoms. The zero-order chi connectivity index (χ0) is 23.0. The highest BCUT2D eigenvalue weighted by molar-refractivity contribution is 5.90. The van der Waals surface area contributed by atoms with Gasteiger partial charge < -0.3 is 14.8 Å². The van der Waals surface area contributed by atoms with Crippen LogP contribution >= 0.6 is 0 Å². The van der Waals surface area contributed by atoms with E-state index < -0.39 is 6.03 Å². The van der Waals surface area contributed by atoms with Crippen molar-refractivity contribution in [2.24, 2.45) is 5.10 Å². The number of methoxy groups -OCH3 is 1. The molecule has 2 amide bonds. The third-order valence-electron chi connectivity index (χ3n) is 5.09. The van der Waals surface area contributed by atoms with Crippen molar-refractivity contribution in [3.8, 4) is 11.5 Å². The van der Waals surface area contributed by atoms with E-state index in [-0.39, 0.29) is 0 Å². The first kappa shape index (κ1) is 21.9. The molecule has 0 bridgehead atoms. The number of nitrogens with zero attached hydrogens (tertiary/aromatic N) is 1. The molecule has 4 aromatic carbocycles. The fourth-order valence-electron chi connectivity index (χ4n) is 3.33. The first-order chi connectivity index (χ1) is 16.1. The van der Waals surface area contributed by atoms with Crippen LogP contribution in [0.4, 0.5) is 10.5 Å². The number of hydrogen-bond donors (Lipinski definition) is 2. The Morgan fingerprint density at radius 3 is 2.48 bits per heavy atom. The number of hydrazone groups is 1. The molecule has 33 heavy (non-hydrogen) atoms. The Balaban J connectivity index is 1.35. The van der Waals surface area contributed by atoms with E-state index in [9.17, 15) is 4.79 Å². The van der Waals surface area contributed by atoms with Crippen molar-refractivity contribution in [3.63, 3.8) is 0 Å². The Labute approximate surface area is 192 Å². The van der Waals surface area contributed by atoms with Crippen molar-refractivity contribution >= 4 is 28.7 Å². The summed E-state index contributed by atoms with van der Waals surface area (Å²) in [5.74, 6) is 1.22. The van der Waals surface area contributed by atoms with Crippen LogP contribution in [0.2, 0.25) is 0 Å². The highest BCUT2D eigenvalue weighted by atomic mass is 16.5. The van der Waals surface area contributed by atoms with Gasteiger partial charge in [0.05, 0.1) is 13.3 Å². The van der Waals surface area contributed by atoms with Crippen LogP contribution in [0.5, 0.6) is 11.5 Å². The average Bonchev–Trinajstić information content (AvgIpc) is 2.84. The molecule has 0 aliphatic rings. The zero-order valence-electron chi connectivity index (χ0n) is 18.5. The lowest BCUT2D eigenvalue weighted by molar-refractivity contribution is 0.252. The number of rotatable bonds is 7. The van der Waals surface area contributed by atoms with Crippen LogP contribution in [-0.2, 0) is 6.61 Å². The molecule has 0 radical (unpaired) electrons. The van der Waals surface area contributed by atoms with E-state index in [4.69, 9.17) is 9.47 Å². The van der Waals surface area contributed by atoms with E-state index in [1.807, 2.05) is 55.5 Å². The number of carbonyl (C=O) groups excluding carboxylic acids is 1. The van der Waals surface area contributed by atoms with Gasteiger partial charge in [-0.2, -0.15) is 5.10 Å². The van der Waals surface area contributed by atoms with Crippen LogP contribution in [0.15, 0.2) is 90.0 Å². The maximum Gasteiger partial charge on any atom is 0.339 e. The summed E-state index contributed by atoms with van der Waals surface area (Å²) in [5, 5.41) is 9.10. The maximum absolute atomic E-state index is 12.0. The van der Waals surface area contributed by atoms with Crippen molar-refractivity contribution < 1.29 is 14.3 Å². The van der Waals surface area contributed by atoms with Crippen LogP contribution in [0.1, 0.15) is 16.7 Å². The van der Waals surface area contributed by atoms with Crippen molar-refractivity contribution in [2.45, 2.75) is 13.5 Å². The number of carbonyl (C=O) groups is 1. The Hall–Kier alpha value is -4.32. The second kappa shape index (κ2) is 10.3. The fraction of sp³-hybridized carbons (Fsp3) is 0.111. The van der Waals surface area contributed by atoms with Gasteiger partial charge in [0.25, 0.3) is 0 Å². The van der Waals surface area contributed by atoms with Crippen LogP contribution in [0.25, 0.3) is 10.8 Å². The summed E-state index contributed by atoms with van der Waals surface area (Å²) in [5.41, 5.74) is 6.11. The molecule has 0 saturated heterocycles. The smallest absolute Gasteiger partial charge is 0.339 e. The number of anilines is 1. The predicted octanol–water partition coefficient (Wildman–Crippen LogP) is 5.89.